The van der Waals surface area contributed by atoms with Crippen LogP contribution in [0.3, 0.4) is 0 Å². The summed E-state index contributed by atoms with van der Waals surface area (Å²) < 4.78 is 9.72. The molecule has 4 heteroatoms. The van der Waals surface area contributed by atoms with Gasteiger partial charge in [-0.2, -0.15) is 0 Å². The van der Waals surface area contributed by atoms with Crippen molar-refractivity contribution in [1.29, 1.82) is 0 Å². The number of hydrogen-bond acceptors (Lipinski definition) is 4. The fourth-order valence-corrected chi connectivity index (χ4v) is 1.00. The van der Waals surface area contributed by atoms with E-state index in [0.29, 0.717) is 13.2 Å². The monoisotopic (exact) mass is 228 g/mol. The molecule has 16 heavy (non-hydrogen) atoms. The van der Waals surface area contributed by atoms with Crippen molar-refractivity contribution < 1.29 is 19.1 Å². The second-order valence-corrected chi connectivity index (χ2v) is 3.97. The van der Waals surface area contributed by atoms with E-state index in [1.54, 1.807) is 0 Å². The molecule has 0 aliphatic heterocycles. The Hall–Kier alpha value is -1.32. The lowest BCUT2D eigenvalue weighted by atomic mass is 10.1. The molecule has 0 aliphatic rings. The fourth-order valence-electron chi connectivity index (χ4n) is 1.00. The maximum atomic E-state index is 10.6. The Morgan fingerprint density at radius 3 is 2.19 bits per heavy atom. The van der Waals surface area contributed by atoms with E-state index in [1.165, 1.54) is 13.8 Å². The minimum atomic E-state index is -0.277. The maximum absolute atomic E-state index is 10.6. The molecule has 0 aromatic rings. The molecule has 0 aliphatic carbocycles. The Balaban J connectivity index is 3.78. The predicted octanol–water partition coefficient (Wildman–Crippen LogP) is 2.09. The minimum absolute atomic E-state index is 0.257. The summed E-state index contributed by atoms with van der Waals surface area (Å²) in [6.45, 7) is 7.44. The summed E-state index contributed by atoms with van der Waals surface area (Å²) in [4.78, 5) is 21.1. The fraction of sp³-hybridized carbons (Fsp3) is 0.667. The van der Waals surface area contributed by atoms with E-state index < -0.39 is 0 Å². The lowest BCUT2D eigenvalue weighted by molar-refractivity contribution is -0.142. The van der Waals surface area contributed by atoms with Gasteiger partial charge in [0.15, 0.2) is 0 Å². The zero-order chi connectivity index (χ0) is 12.6. The van der Waals surface area contributed by atoms with Gasteiger partial charge in [-0.25, -0.2) is 0 Å². The highest BCUT2D eigenvalue weighted by Crippen LogP contribution is 2.06. The van der Waals surface area contributed by atoms with Crippen LogP contribution in [0.25, 0.3) is 0 Å². The molecule has 0 rings (SSSR count). The van der Waals surface area contributed by atoms with Gasteiger partial charge in [0, 0.05) is 13.8 Å². The zero-order valence-electron chi connectivity index (χ0n) is 10.4. The first kappa shape index (κ1) is 14.7. The zero-order valence-corrected chi connectivity index (χ0v) is 10.4. The molecule has 0 fully saturated rings. The Morgan fingerprint density at radius 2 is 1.69 bits per heavy atom. The topological polar surface area (TPSA) is 52.6 Å². The highest BCUT2D eigenvalue weighted by atomic mass is 16.5. The number of allylic oxidation sites excluding steroid dienone is 1. The van der Waals surface area contributed by atoms with E-state index >= 15 is 0 Å². The van der Waals surface area contributed by atoms with Gasteiger partial charge in [0.25, 0.3) is 0 Å². The summed E-state index contributed by atoms with van der Waals surface area (Å²) >= 11 is 0. The third-order valence-electron chi connectivity index (χ3n) is 1.94. The quantitative estimate of drug-likeness (QED) is 0.516. The van der Waals surface area contributed by atoms with Crippen molar-refractivity contribution in [1.82, 2.24) is 0 Å². The van der Waals surface area contributed by atoms with Crippen molar-refractivity contribution in [2.45, 2.75) is 34.1 Å². The van der Waals surface area contributed by atoms with Gasteiger partial charge >= 0.3 is 11.9 Å². The molecule has 0 aromatic carbocycles. The van der Waals surface area contributed by atoms with Crippen LogP contribution < -0.4 is 0 Å². The summed E-state index contributed by atoms with van der Waals surface area (Å²) in [5.41, 5.74) is 1.00. The molecule has 0 saturated carbocycles. The van der Waals surface area contributed by atoms with Crippen LogP contribution >= 0.6 is 0 Å². The number of rotatable bonds is 6. The SMILES string of the molecule is CC(=O)OC/C(C)=C/C[C@@H](C)COC(C)=O. The lowest BCUT2D eigenvalue weighted by Gasteiger charge is -2.09. The first-order valence-electron chi connectivity index (χ1n) is 5.34. The summed E-state index contributed by atoms with van der Waals surface area (Å²) in [5.74, 6) is -0.260. The van der Waals surface area contributed by atoms with Crippen LogP contribution in [0.1, 0.15) is 34.1 Å². The Labute approximate surface area is 96.6 Å². The van der Waals surface area contributed by atoms with Gasteiger partial charge in [-0.05, 0) is 24.8 Å². The summed E-state index contributed by atoms with van der Waals surface area (Å²) in [6.07, 6.45) is 2.80. The second-order valence-electron chi connectivity index (χ2n) is 3.97. The van der Waals surface area contributed by atoms with Crippen LogP contribution in [0, 0.1) is 5.92 Å². The maximum Gasteiger partial charge on any atom is 0.302 e. The number of carbonyl (C=O) groups is 2. The van der Waals surface area contributed by atoms with E-state index in [4.69, 9.17) is 9.47 Å². The molecule has 0 radical (unpaired) electrons. The average Bonchev–Trinajstić information content (AvgIpc) is 2.20. The van der Waals surface area contributed by atoms with E-state index in [9.17, 15) is 9.59 Å². The molecule has 0 N–H and O–H groups in total. The van der Waals surface area contributed by atoms with E-state index in [2.05, 4.69) is 0 Å². The number of hydrogen-bond donors (Lipinski definition) is 0. The van der Waals surface area contributed by atoms with Gasteiger partial charge in [-0.1, -0.05) is 13.0 Å². The number of ether oxygens (including phenoxy) is 2. The van der Waals surface area contributed by atoms with Crippen molar-refractivity contribution in [3.8, 4) is 0 Å². The van der Waals surface area contributed by atoms with E-state index in [0.717, 1.165) is 12.0 Å². The van der Waals surface area contributed by atoms with Crippen molar-refractivity contribution in [2.24, 2.45) is 5.92 Å². The third kappa shape index (κ3) is 9.24. The predicted molar refractivity (Wildman–Crippen MR) is 60.8 cm³/mol. The van der Waals surface area contributed by atoms with Gasteiger partial charge in [-0.15, -0.1) is 0 Å². The standard InChI is InChI=1S/C12H20O4/c1-9(7-15-11(3)13)5-6-10(2)8-16-12(4)14/h5,10H,6-8H2,1-4H3/b9-5+/t10-/m1/s1. The van der Waals surface area contributed by atoms with Crippen molar-refractivity contribution >= 4 is 11.9 Å². The summed E-state index contributed by atoms with van der Waals surface area (Å²) in [7, 11) is 0. The molecule has 0 spiro atoms. The van der Waals surface area contributed by atoms with E-state index in [1.807, 2.05) is 19.9 Å². The molecule has 0 amide bonds. The molecule has 0 bridgehead atoms. The number of esters is 2. The van der Waals surface area contributed by atoms with Crippen LogP contribution in [0.4, 0.5) is 0 Å². The molecule has 0 saturated heterocycles. The highest BCUT2D eigenvalue weighted by molar-refractivity contribution is 5.66. The van der Waals surface area contributed by atoms with Crippen LogP contribution in [-0.4, -0.2) is 25.2 Å². The first-order chi connectivity index (χ1) is 7.41. The van der Waals surface area contributed by atoms with Crippen molar-refractivity contribution in [3.05, 3.63) is 11.6 Å². The molecular weight excluding hydrogens is 208 g/mol. The van der Waals surface area contributed by atoms with Crippen LogP contribution in [-0.2, 0) is 19.1 Å². The van der Waals surface area contributed by atoms with E-state index in [-0.39, 0.29) is 17.9 Å². The van der Waals surface area contributed by atoms with Gasteiger partial charge in [-0.3, -0.25) is 9.59 Å². The van der Waals surface area contributed by atoms with Crippen LogP contribution in [0.5, 0.6) is 0 Å². The molecule has 92 valence electrons. The molecule has 0 aromatic heterocycles. The summed E-state index contributed by atoms with van der Waals surface area (Å²) in [5, 5.41) is 0. The average molecular weight is 228 g/mol. The van der Waals surface area contributed by atoms with Crippen molar-refractivity contribution in [3.63, 3.8) is 0 Å². The van der Waals surface area contributed by atoms with Gasteiger partial charge in [0.2, 0.25) is 0 Å². The molecule has 0 unspecified atom stereocenters. The van der Waals surface area contributed by atoms with Gasteiger partial charge in [0.1, 0.15) is 6.61 Å². The van der Waals surface area contributed by atoms with Crippen molar-refractivity contribution in [2.75, 3.05) is 13.2 Å². The normalized spacial score (nSPS) is 13.1. The smallest absolute Gasteiger partial charge is 0.302 e. The van der Waals surface area contributed by atoms with Gasteiger partial charge in [0.05, 0.1) is 6.61 Å². The Morgan fingerprint density at radius 1 is 1.12 bits per heavy atom. The Kier molecular flexibility index (Phi) is 7.25. The third-order valence-corrected chi connectivity index (χ3v) is 1.94. The molecule has 1 atom stereocenters. The number of carbonyl (C=O) groups excluding carboxylic acids is 2. The second kappa shape index (κ2) is 7.91. The van der Waals surface area contributed by atoms with Gasteiger partial charge < -0.3 is 9.47 Å². The molecule has 0 heterocycles. The van der Waals surface area contributed by atoms with Crippen LogP contribution in [0.15, 0.2) is 11.6 Å². The molecule has 4 nitrogen and oxygen atoms in total. The largest absolute Gasteiger partial charge is 0.466 e. The minimum Gasteiger partial charge on any atom is -0.466 e. The molecular formula is C12H20O4. The lowest BCUT2D eigenvalue weighted by Crippen LogP contribution is -2.09. The summed E-state index contributed by atoms with van der Waals surface area (Å²) in [6, 6.07) is 0. The highest BCUT2D eigenvalue weighted by Gasteiger charge is 2.03. The van der Waals surface area contributed by atoms with Crippen LogP contribution in [0.2, 0.25) is 0 Å². The Bertz CT molecular complexity index is 268. The first-order valence-corrected chi connectivity index (χ1v) is 5.34.